The van der Waals surface area contributed by atoms with Crippen molar-refractivity contribution < 1.29 is 24.0 Å². The molecule has 2 aromatic rings. The van der Waals surface area contributed by atoms with Crippen LogP contribution in [0.25, 0.3) is 0 Å². The molecule has 134 valence electrons. The molecule has 0 bridgehead atoms. The predicted octanol–water partition coefficient (Wildman–Crippen LogP) is 1.64. The van der Waals surface area contributed by atoms with Gasteiger partial charge in [0.2, 0.25) is 0 Å². The molecule has 0 unspecified atom stereocenters. The summed E-state index contributed by atoms with van der Waals surface area (Å²) in [5.74, 6) is -2.53. The standard InChI is InChI=1S/C18H17N3O5/c1-20-10-11(9-19-20)15-14(7-4-8-25-15)18(24)26-21-16(22)12-5-2-3-6-13(12)17(21)23/h2-3,5-6,9-10,14-15H,4,7-8H2,1H3/t14-,15+/m1/s1. The lowest BCUT2D eigenvalue weighted by Gasteiger charge is -2.30. The van der Waals surface area contributed by atoms with Crippen molar-refractivity contribution in [3.63, 3.8) is 0 Å². The summed E-state index contributed by atoms with van der Waals surface area (Å²) in [5.41, 5.74) is 1.22. The van der Waals surface area contributed by atoms with E-state index in [0.717, 1.165) is 5.56 Å². The first-order valence-corrected chi connectivity index (χ1v) is 8.36. The SMILES string of the molecule is Cn1cc([C@@H]2OCCC[C@H]2C(=O)ON2C(=O)c3ccccc3C2=O)cn1. The third-order valence-corrected chi connectivity index (χ3v) is 4.62. The molecule has 0 saturated carbocycles. The van der Waals surface area contributed by atoms with Crippen molar-refractivity contribution in [1.29, 1.82) is 0 Å². The fraction of sp³-hybridized carbons (Fsp3) is 0.333. The number of rotatable bonds is 3. The van der Waals surface area contributed by atoms with Crippen LogP contribution in [0.5, 0.6) is 0 Å². The van der Waals surface area contributed by atoms with Gasteiger partial charge in [0.25, 0.3) is 11.8 Å². The van der Waals surface area contributed by atoms with Crippen molar-refractivity contribution in [2.45, 2.75) is 18.9 Å². The van der Waals surface area contributed by atoms with Gasteiger partial charge in [0, 0.05) is 25.4 Å². The van der Waals surface area contributed by atoms with Gasteiger partial charge in [0.15, 0.2) is 0 Å². The number of hydrogen-bond acceptors (Lipinski definition) is 6. The van der Waals surface area contributed by atoms with Gasteiger partial charge in [-0.3, -0.25) is 14.3 Å². The Balaban J connectivity index is 1.54. The molecule has 3 heterocycles. The highest BCUT2D eigenvalue weighted by molar-refractivity contribution is 6.20. The van der Waals surface area contributed by atoms with E-state index in [2.05, 4.69) is 5.10 Å². The van der Waals surface area contributed by atoms with E-state index in [1.807, 2.05) is 0 Å². The zero-order valence-corrected chi connectivity index (χ0v) is 14.1. The molecule has 1 aromatic heterocycles. The Kier molecular flexibility index (Phi) is 4.04. The molecule has 26 heavy (non-hydrogen) atoms. The lowest BCUT2D eigenvalue weighted by molar-refractivity contribution is -0.183. The van der Waals surface area contributed by atoms with E-state index in [-0.39, 0.29) is 11.1 Å². The highest BCUT2D eigenvalue weighted by Gasteiger charge is 2.42. The molecule has 0 aliphatic carbocycles. The van der Waals surface area contributed by atoms with Crippen LogP contribution in [0, 0.1) is 5.92 Å². The summed E-state index contributed by atoms with van der Waals surface area (Å²) in [7, 11) is 1.78. The molecule has 2 atom stereocenters. The molecule has 1 aromatic carbocycles. The predicted molar refractivity (Wildman–Crippen MR) is 87.7 cm³/mol. The maximum absolute atomic E-state index is 12.7. The van der Waals surface area contributed by atoms with Crippen LogP contribution in [0.2, 0.25) is 0 Å². The molecule has 2 aliphatic rings. The average molecular weight is 355 g/mol. The van der Waals surface area contributed by atoms with Gasteiger partial charge in [-0.05, 0) is 25.0 Å². The number of aromatic nitrogens is 2. The second-order valence-electron chi connectivity index (χ2n) is 6.35. The Hall–Kier alpha value is -3.00. The topological polar surface area (TPSA) is 90.7 Å². The summed E-state index contributed by atoms with van der Waals surface area (Å²) >= 11 is 0. The van der Waals surface area contributed by atoms with Crippen molar-refractivity contribution in [3.05, 3.63) is 53.3 Å². The fourth-order valence-corrected chi connectivity index (χ4v) is 3.35. The van der Waals surface area contributed by atoms with Gasteiger partial charge >= 0.3 is 5.97 Å². The van der Waals surface area contributed by atoms with E-state index in [1.54, 1.807) is 36.3 Å². The first-order valence-electron chi connectivity index (χ1n) is 8.36. The van der Waals surface area contributed by atoms with E-state index in [1.165, 1.54) is 12.1 Å². The van der Waals surface area contributed by atoms with E-state index >= 15 is 0 Å². The van der Waals surface area contributed by atoms with Gasteiger partial charge in [-0.2, -0.15) is 5.10 Å². The lowest BCUT2D eigenvalue weighted by Crippen LogP contribution is -2.38. The van der Waals surface area contributed by atoms with Crippen LogP contribution in [0.4, 0.5) is 0 Å². The van der Waals surface area contributed by atoms with Crippen molar-refractivity contribution in [3.8, 4) is 0 Å². The number of imide groups is 1. The normalized spacial score (nSPS) is 22.4. The van der Waals surface area contributed by atoms with Crippen LogP contribution >= 0.6 is 0 Å². The third kappa shape index (κ3) is 2.68. The Morgan fingerprint density at radius 2 is 1.92 bits per heavy atom. The number of hydroxylamine groups is 2. The molecule has 0 radical (unpaired) electrons. The molecule has 2 amide bonds. The van der Waals surface area contributed by atoms with Gasteiger partial charge < -0.3 is 9.57 Å². The molecule has 2 aliphatic heterocycles. The number of benzene rings is 1. The first kappa shape index (κ1) is 16.5. The zero-order chi connectivity index (χ0) is 18.3. The molecule has 0 spiro atoms. The number of carbonyl (C=O) groups excluding carboxylic acids is 3. The second kappa shape index (κ2) is 6.38. The zero-order valence-electron chi connectivity index (χ0n) is 14.1. The van der Waals surface area contributed by atoms with Crippen molar-refractivity contribution in [2.75, 3.05) is 6.61 Å². The Labute approximate surface area is 149 Å². The van der Waals surface area contributed by atoms with E-state index in [4.69, 9.17) is 9.57 Å². The summed E-state index contributed by atoms with van der Waals surface area (Å²) in [6.45, 7) is 0.524. The minimum absolute atomic E-state index is 0.231. The number of ether oxygens (including phenoxy) is 1. The Morgan fingerprint density at radius 1 is 1.23 bits per heavy atom. The van der Waals surface area contributed by atoms with E-state index in [9.17, 15) is 14.4 Å². The van der Waals surface area contributed by atoms with E-state index in [0.29, 0.717) is 24.5 Å². The monoisotopic (exact) mass is 355 g/mol. The molecular formula is C18H17N3O5. The summed E-state index contributed by atoms with van der Waals surface area (Å²) in [4.78, 5) is 42.6. The van der Waals surface area contributed by atoms with Crippen LogP contribution in [0.3, 0.4) is 0 Å². The summed E-state index contributed by atoms with van der Waals surface area (Å²) < 4.78 is 7.37. The fourth-order valence-electron chi connectivity index (χ4n) is 3.35. The van der Waals surface area contributed by atoms with Gasteiger partial charge in [0.1, 0.15) is 0 Å². The Morgan fingerprint density at radius 3 is 2.54 bits per heavy atom. The van der Waals surface area contributed by atoms with Crippen molar-refractivity contribution >= 4 is 17.8 Å². The third-order valence-electron chi connectivity index (χ3n) is 4.62. The summed E-state index contributed by atoms with van der Waals surface area (Å²) in [6.07, 6.45) is 4.14. The molecule has 0 N–H and O–H groups in total. The highest BCUT2D eigenvalue weighted by atomic mass is 16.7. The molecule has 4 rings (SSSR count). The molecule has 1 fully saturated rings. The number of fused-ring (bicyclic) bond motifs is 1. The number of aryl methyl sites for hydroxylation is 1. The van der Waals surface area contributed by atoms with E-state index < -0.39 is 29.8 Å². The van der Waals surface area contributed by atoms with Gasteiger partial charge in [-0.15, -0.1) is 0 Å². The van der Waals surface area contributed by atoms with Crippen LogP contribution in [-0.2, 0) is 21.4 Å². The van der Waals surface area contributed by atoms with Crippen molar-refractivity contribution in [1.82, 2.24) is 14.8 Å². The number of carbonyl (C=O) groups is 3. The quantitative estimate of drug-likeness (QED) is 0.778. The average Bonchev–Trinajstić information content (AvgIpc) is 3.19. The van der Waals surface area contributed by atoms with Crippen LogP contribution in [-0.4, -0.2) is 39.2 Å². The molecule has 1 saturated heterocycles. The number of hydrogen-bond donors (Lipinski definition) is 0. The van der Waals surface area contributed by atoms with Gasteiger partial charge in [-0.25, -0.2) is 4.79 Å². The lowest BCUT2D eigenvalue weighted by atomic mass is 9.91. The summed E-state index contributed by atoms with van der Waals surface area (Å²) in [6, 6.07) is 6.38. The second-order valence-corrected chi connectivity index (χ2v) is 6.35. The Bertz CT molecular complexity index is 855. The highest BCUT2D eigenvalue weighted by Crippen LogP contribution is 2.35. The first-order chi connectivity index (χ1) is 12.6. The van der Waals surface area contributed by atoms with Crippen LogP contribution < -0.4 is 0 Å². The van der Waals surface area contributed by atoms with Gasteiger partial charge in [0.05, 0.1) is 29.3 Å². The molecule has 8 nitrogen and oxygen atoms in total. The van der Waals surface area contributed by atoms with Gasteiger partial charge in [-0.1, -0.05) is 17.2 Å². The smallest absolute Gasteiger partial charge is 0.339 e. The summed E-state index contributed by atoms with van der Waals surface area (Å²) in [5, 5.41) is 4.65. The van der Waals surface area contributed by atoms with Crippen LogP contribution in [0.1, 0.15) is 45.2 Å². The largest absolute Gasteiger partial charge is 0.373 e. The molecule has 8 heteroatoms. The number of amides is 2. The molecular weight excluding hydrogens is 338 g/mol. The minimum Gasteiger partial charge on any atom is -0.373 e. The van der Waals surface area contributed by atoms with Crippen molar-refractivity contribution in [2.24, 2.45) is 13.0 Å². The van der Waals surface area contributed by atoms with Crippen LogP contribution in [0.15, 0.2) is 36.7 Å². The maximum atomic E-state index is 12.7. The maximum Gasteiger partial charge on any atom is 0.339 e. The number of nitrogens with zero attached hydrogens (tertiary/aromatic N) is 3. The minimum atomic E-state index is -0.659.